The van der Waals surface area contributed by atoms with Gasteiger partial charge in [0.15, 0.2) is 0 Å². The van der Waals surface area contributed by atoms with Gasteiger partial charge in [0, 0.05) is 6.07 Å². The van der Waals surface area contributed by atoms with Crippen LogP contribution < -0.4 is 5.32 Å². The largest absolute Gasteiger partial charge is 0.394 e. The van der Waals surface area contributed by atoms with E-state index in [1.807, 2.05) is 0 Å². The van der Waals surface area contributed by atoms with Crippen molar-refractivity contribution in [1.29, 1.82) is 0 Å². The number of hydrogen-bond donors (Lipinski definition) is 2. The summed E-state index contributed by atoms with van der Waals surface area (Å²) in [6, 6.07) is 1.80. The fraction of sp³-hybridized carbons (Fsp3) is 0.500. The van der Waals surface area contributed by atoms with Crippen molar-refractivity contribution in [2.24, 2.45) is 0 Å². The van der Waals surface area contributed by atoms with Crippen LogP contribution in [0.5, 0.6) is 0 Å². The lowest BCUT2D eigenvalue weighted by atomic mass is 10.3. The van der Waals surface area contributed by atoms with Crippen LogP contribution in [-0.4, -0.2) is 27.2 Å². The summed E-state index contributed by atoms with van der Waals surface area (Å²) in [5, 5.41) is 12.3. The molecule has 1 aromatic rings. The third kappa shape index (κ3) is 1.97. The summed E-state index contributed by atoms with van der Waals surface area (Å²) in [7, 11) is 0. The Balaban J connectivity index is 2.09. The first-order chi connectivity index (χ1) is 6.24. The van der Waals surface area contributed by atoms with Crippen molar-refractivity contribution in [2.45, 2.75) is 18.4 Å². The maximum atomic E-state index is 9.07. The number of nitrogens with zero attached hydrogens (tertiary/aromatic N) is 2. The highest BCUT2D eigenvalue weighted by Crippen LogP contribution is 2.37. The summed E-state index contributed by atoms with van der Waals surface area (Å²) in [6.45, 7) is 0.161. The zero-order valence-corrected chi connectivity index (χ0v) is 8.58. The van der Waals surface area contributed by atoms with Crippen molar-refractivity contribution < 1.29 is 5.11 Å². The van der Waals surface area contributed by atoms with Gasteiger partial charge in [0.2, 0.25) is 0 Å². The molecule has 0 unspecified atom stereocenters. The number of hydrogen-bond acceptors (Lipinski definition) is 4. The van der Waals surface area contributed by atoms with Gasteiger partial charge < -0.3 is 10.4 Å². The van der Waals surface area contributed by atoms with E-state index >= 15 is 0 Å². The standard InChI is InChI=1S/C8H10BrN3O/c9-6-3-7(11-5-10-6)12-8(4-13)1-2-8/h3,5,13H,1-2,4H2,(H,10,11,12). The van der Waals surface area contributed by atoms with Crippen LogP contribution in [0.1, 0.15) is 12.8 Å². The van der Waals surface area contributed by atoms with Gasteiger partial charge in [-0.2, -0.15) is 0 Å². The molecular formula is C8H10BrN3O. The summed E-state index contributed by atoms with van der Waals surface area (Å²) in [6.07, 6.45) is 3.50. The number of rotatable bonds is 3. The first kappa shape index (κ1) is 8.90. The molecule has 2 rings (SSSR count). The lowest BCUT2D eigenvalue weighted by molar-refractivity contribution is 0.266. The molecule has 13 heavy (non-hydrogen) atoms. The SMILES string of the molecule is OCC1(Nc2cc(Br)ncn2)CC1. The van der Waals surface area contributed by atoms with Gasteiger partial charge in [-0.05, 0) is 28.8 Å². The Morgan fingerprint density at radius 3 is 2.85 bits per heavy atom. The van der Waals surface area contributed by atoms with E-state index in [9.17, 15) is 0 Å². The topological polar surface area (TPSA) is 58.0 Å². The maximum absolute atomic E-state index is 9.07. The van der Waals surface area contributed by atoms with Gasteiger partial charge in [-0.15, -0.1) is 0 Å². The molecule has 1 aromatic heterocycles. The van der Waals surface area contributed by atoms with Crippen molar-refractivity contribution in [3.63, 3.8) is 0 Å². The molecule has 2 N–H and O–H groups in total. The quantitative estimate of drug-likeness (QED) is 0.784. The number of aromatic nitrogens is 2. The van der Waals surface area contributed by atoms with Crippen LogP contribution in [-0.2, 0) is 0 Å². The van der Waals surface area contributed by atoms with E-state index in [2.05, 4.69) is 31.2 Å². The summed E-state index contributed by atoms with van der Waals surface area (Å²) >= 11 is 3.26. The van der Waals surface area contributed by atoms with Gasteiger partial charge in [-0.25, -0.2) is 9.97 Å². The predicted molar refractivity (Wildman–Crippen MR) is 52.4 cm³/mol. The van der Waals surface area contributed by atoms with Crippen molar-refractivity contribution in [2.75, 3.05) is 11.9 Å². The third-order valence-electron chi connectivity index (χ3n) is 2.18. The highest BCUT2D eigenvalue weighted by Gasteiger charge is 2.42. The van der Waals surface area contributed by atoms with Gasteiger partial charge in [0.05, 0.1) is 12.1 Å². The molecule has 0 atom stereocenters. The van der Waals surface area contributed by atoms with Crippen LogP contribution in [0, 0.1) is 0 Å². The fourth-order valence-corrected chi connectivity index (χ4v) is 1.46. The van der Waals surface area contributed by atoms with E-state index in [-0.39, 0.29) is 12.1 Å². The third-order valence-corrected chi connectivity index (χ3v) is 2.62. The van der Waals surface area contributed by atoms with Crippen LogP contribution in [0.15, 0.2) is 17.0 Å². The molecule has 0 spiro atoms. The zero-order chi connectivity index (χ0) is 9.31. The predicted octanol–water partition coefficient (Wildman–Crippen LogP) is 1.18. The molecular weight excluding hydrogens is 234 g/mol. The summed E-state index contributed by atoms with van der Waals surface area (Å²) in [5.41, 5.74) is -0.117. The van der Waals surface area contributed by atoms with Crippen molar-refractivity contribution in [3.05, 3.63) is 17.0 Å². The Bertz CT molecular complexity index is 314. The minimum absolute atomic E-state index is 0.117. The Morgan fingerprint density at radius 1 is 1.54 bits per heavy atom. The van der Waals surface area contributed by atoms with E-state index in [0.717, 1.165) is 23.3 Å². The Kier molecular flexibility index (Phi) is 2.21. The molecule has 0 aromatic carbocycles. The average molecular weight is 244 g/mol. The molecule has 4 nitrogen and oxygen atoms in total. The first-order valence-electron chi connectivity index (χ1n) is 4.11. The molecule has 1 fully saturated rings. The maximum Gasteiger partial charge on any atom is 0.130 e. The monoisotopic (exact) mass is 243 g/mol. The molecule has 0 amide bonds. The smallest absolute Gasteiger partial charge is 0.130 e. The van der Waals surface area contributed by atoms with E-state index in [0.29, 0.717) is 0 Å². The van der Waals surface area contributed by atoms with Crippen LogP contribution in [0.4, 0.5) is 5.82 Å². The van der Waals surface area contributed by atoms with Crippen LogP contribution >= 0.6 is 15.9 Å². The Labute approximate surface area is 84.5 Å². The van der Waals surface area contributed by atoms with Crippen LogP contribution in [0.2, 0.25) is 0 Å². The van der Waals surface area contributed by atoms with Crippen LogP contribution in [0.3, 0.4) is 0 Å². The molecule has 0 aliphatic heterocycles. The van der Waals surface area contributed by atoms with Gasteiger partial charge in [-0.1, -0.05) is 0 Å². The second-order valence-corrected chi connectivity index (χ2v) is 4.10. The van der Waals surface area contributed by atoms with Crippen molar-refractivity contribution >= 4 is 21.7 Å². The number of nitrogens with one attached hydrogen (secondary N) is 1. The normalized spacial score (nSPS) is 18.3. The minimum atomic E-state index is -0.117. The van der Waals surface area contributed by atoms with Gasteiger partial charge in [0.25, 0.3) is 0 Å². The molecule has 0 saturated heterocycles. The number of anilines is 1. The van der Waals surface area contributed by atoms with E-state index < -0.39 is 0 Å². The molecule has 1 heterocycles. The zero-order valence-electron chi connectivity index (χ0n) is 7.00. The van der Waals surface area contributed by atoms with Gasteiger partial charge >= 0.3 is 0 Å². The second-order valence-electron chi connectivity index (χ2n) is 3.29. The first-order valence-corrected chi connectivity index (χ1v) is 4.90. The second kappa shape index (κ2) is 3.23. The van der Waals surface area contributed by atoms with Crippen molar-refractivity contribution in [1.82, 2.24) is 9.97 Å². The number of aliphatic hydroxyl groups is 1. The Morgan fingerprint density at radius 2 is 2.31 bits per heavy atom. The van der Waals surface area contributed by atoms with Gasteiger partial charge in [0.1, 0.15) is 16.7 Å². The Hall–Kier alpha value is -0.680. The van der Waals surface area contributed by atoms with E-state index in [1.165, 1.54) is 6.33 Å². The molecule has 1 aliphatic carbocycles. The number of aliphatic hydroxyl groups excluding tert-OH is 1. The van der Waals surface area contributed by atoms with E-state index in [1.54, 1.807) is 6.07 Å². The molecule has 5 heteroatoms. The summed E-state index contributed by atoms with van der Waals surface area (Å²) in [5.74, 6) is 0.758. The summed E-state index contributed by atoms with van der Waals surface area (Å²) < 4.78 is 0.749. The van der Waals surface area contributed by atoms with Gasteiger partial charge in [-0.3, -0.25) is 0 Å². The molecule has 70 valence electrons. The summed E-state index contributed by atoms with van der Waals surface area (Å²) in [4.78, 5) is 7.97. The van der Waals surface area contributed by atoms with Crippen LogP contribution in [0.25, 0.3) is 0 Å². The van der Waals surface area contributed by atoms with E-state index in [4.69, 9.17) is 5.11 Å². The molecule has 1 aliphatic rings. The average Bonchev–Trinajstić information content (AvgIpc) is 2.86. The lowest BCUT2D eigenvalue weighted by Gasteiger charge is -2.14. The molecule has 1 saturated carbocycles. The van der Waals surface area contributed by atoms with Crippen molar-refractivity contribution in [3.8, 4) is 0 Å². The highest BCUT2D eigenvalue weighted by atomic mass is 79.9. The molecule has 0 bridgehead atoms. The minimum Gasteiger partial charge on any atom is -0.394 e. The lowest BCUT2D eigenvalue weighted by Crippen LogP contribution is -2.26. The molecule has 0 radical (unpaired) electrons. The fourth-order valence-electron chi connectivity index (χ4n) is 1.15. The number of halogens is 1. The highest BCUT2D eigenvalue weighted by molar-refractivity contribution is 9.10.